The summed E-state index contributed by atoms with van der Waals surface area (Å²) < 4.78 is 30.4. The average molecular weight is 445 g/mol. The number of nitrogens with two attached hydrogens (primary N) is 1. The first kappa shape index (κ1) is 22.4. The molecule has 0 aliphatic heterocycles. The van der Waals surface area contributed by atoms with Crippen molar-refractivity contribution in [2.24, 2.45) is 5.14 Å². The van der Waals surface area contributed by atoms with Gasteiger partial charge in [-0.1, -0.05) is 31.5 Å². The Morgan fingerprint density at radius 3 is 2.58 bits per heavy atom. The van der Waals surface area contributed by atoms with Crippen LogP contribution in [0.15, 0.2) is 53.4 Å². The van der Waals surface area contributed by atoms with Gasteiger partial charge in [0.2, 0.25) is 10.0 Å². The number of ether oxygens (including phenoxy) is 1. The average Bonchev–Trinajstić information content (AvgIpc) is 3.11. The number of benzene rings is 2. The molecule has 0 saturated heterocycles. The van der Waals surface area contributed by atoms with E-state index in [0.717, 1.165) is 18.4 Å². The molecule has 0 aliphatic rings. The molecule has 31 heavy (non-hydrogen) atoms. The van der Waals surface area contributed by atoms with Crippen LogP contribution in [0.5, 0.6) is 0 Å². The number of unbranched alkanes of at least 4 members (excludes halogenated alkanes) is 1. The van der Waals surface area contributed by atoms with E-state index in [2.05, 4.69) is 10.3 Å². The number of amides is 1. The van der Waals surface area contributed by atoms with Gasteiger partial charge in [-0.05, 0) is 36.8 Å². The highest BCUT2D eigenvalue weighted by molar-refractivity contribution is 7.89. The summed E-state index contributed by atoms with van der Waals surface area (Å²) in [6.07, 6.45) is 1.82. The molecule has 9 nitrogen and oxygen atoms in total. The van der Waals surface area contributed by atoms with Gasteiger partial charge in [-0.3, -0.25) is 9.59 Å². The molecule has 0 radical (unpaired) electrons. The van der Waals surface area contributed by atoms with Crippen LogP contribution in [0.1, 0.15) is 35.9 Å². The lowest BCUT2D eigenvalue weighted by Gasteiger charge is -2.10. The zero-order chi connectivity index (χ0) is 22.4. The number of hydrogen-bond donors (Lipinski definition) is 2. The maximum Gasteiger partial charge on any atom is 0.325 e. The fourth-order valence-corrected chi connectivity index (χ4v) is 3.59. The number of aryl methyl sites for hydroxylation is 1. The Hall–Kier alpha value is -3.24. The summed E-state index contributed by atoms with van der Waals surface area (Å²) in [5.74, 6) is -0.496. The number of fused-ring (bicyclic) bond motifs is 1. The van der Waals surface area contributed by atoms with E-state index >= 15 is 0 Å². The van der Waals surface area contributed by atoms with E-state index in [9.17, 15) is 18.0 Å². The SMILES string of the molecule is CCCCn1c(COC(=O)CNC(=O)c2ccccc2)nc2cc(S(N)(=O)=O)ccc21. The topological polar surface area (TPSA) is 133 Å². The predicted octanol–water partition coefficient (Wildman–Crippen LogP) is 1.96. The van der Waals surface area contributed by atoms with Crippen LogP contribution in [0.25, 0.3) is 11.0 Å². The molecule has 3 N–H and O–H groups in total. The highest BCUT2D eigenvalue weighted by Gasteiger charge is 2.16. The van der Waals surface area contributed by atoms with Crippen molar-refractivity contribution in [3.05, 3.63) is 59.9 Å². The Kier molecular flexibility index (Phi) is 7.03. The lowest BCUT2D eigenvalue weighted by atomic mass is 10.2. The predicted molar refractivity (Wildman–Crippen MR) is 115 cm³/mol. The van der Waals surface area contributed by atoms with E-state index < -0.39 is 16.0 Å². The third-order valence-electron chi connectivity index (χ3n) is 4.65. The fraction of sp³-hybridized carbons (Fsp3) is 0.286. The molecule has 2 aromatic carbocycles. The van der Waals surface area contributed by atoms with Crippen LogP contribution >= 0.6 is 0 Å². The van der Waals surface area contributed by atoms with E-state index in [1.807, 2.05) is 11.5 Å². The third kappa shape index (κ3) is 5.68. The number of hydrogen-bond acceptors (Lipinski definition) is 6. The van der Waals surface area contributed by atoms with Crippen LogP contribution < -0.4 is 10.5 Å². The van der Waals surface area contributed by atoms with Crippen molar-refractivity contribution in [3.8, 4) is 0 Å². The number of carbonyl (C=O) groups excluding carboxylic acids is 2. The highest BCUT2D eigenvalue weighted by atomic mass is 32.2. The van der Waals surface area contributed by atoms with Crippen LogP contribution in [0.2, 0.25) is 0 Å². The lowest BCUT2D eigenvalue weighted by molar-refractivity contribution is -0.144. The van der Waals surface area contributed by atoms with Gasteiger partial charge >= 0.3 is 5.97 Å². The molecular formula is C21H24N4O5S. The molecule has 1 aromatic heterocycles. The number of primary sulfonamides is 1. The molecule has 0 saturated carbocycles. The van der Waals surface area contributed by atoms with Crippen molar-refractivity contribution in [3.63, 3.8) is 0 Å². The minimum absolute atomic E-state index is 0.0349. The summed E-state index contributed by atoms with van der Waals surface area (Å²) in [5, 5.41) is 7.72. The molecule has 3 rings (SSSR count). The molecule has 10 heteroatoms. The highest BCUT2D eigenvalue weighted by Crippen LogP contribution is 2.21. The number of carbonyl (C=O) groups is 2. The second kappa shape index (κ2) is 9.71. The molecule has 0 fully saturated rings. The Bertz CT molecular complexity index is 1190. The number of rotatable bonds is 9. The summed E-state index contributed by atoms with van der Waals surface area (Å²) in [6, 6.07) is 13.0. The van der Waals surface area contributed by atoms with E-state index in [-0.39, 0.29) is 24.0 Å². The standard InChI is InChI=1S/C21H24N4O5S/c1-2-3-11-25-18-10-9-16(31(22,28)29)12-17(18)24-19(25)14-30-20(26)13-23-21(27)15-7-5-4-6-8-15/h4-10,12H,2-3,11,13-14H2,1H3,(H,23,27)(H2,22,28,29). The van der Waals surface area contributed by atoms with Gasteiger partial charge in [0.25, 0.3) is 5.91 Å². The van der Waals surface area contributed by atoms with Crippen LogP contribution in [0, 0.1) is 0 Å². The van der Waals surface area contributed by atoms with Gasteiger partial charge in [0.05, 0.1) is 15.9 Å². The molecule has 0 spiro atoms. The van der Waals surface area contributed by atoms with Crippen LogP contribution in [0.3, 0.4) is 0 Å². The zero-order valence-electron chi connectivity index (χ0n) is 17.1. The van der Waals surface area contributed by atoms with E-state index in [4.69, 9.17) is 9.88 Å². The first-order chi connectivity index (χ1) is 14.8. The molecule has 3 aromatic rings. The minimum Gasteiger partial charge on any atom is -0.456 e. The Balaban J connectivity index is 1.70. The fourth-order valence-electron chi connectivity index (χ4n) is 3.05. The molecule has 1 heterocycles. The number of aromatic nitrogens is 2. The molecule has 0 atom stereocenters. The maximum atomic E-state index is 12.1. The van der Waals surface area contributed by atoms with Crippen LogP contribution in [0.4, 0.5) is 0 Å². The first-order valence-electron chi connectivity index (χ1n) is 9.80. The van der Waals surface area contributed by atoms with Crippen LogP contribution in [-0.2, 0) is 32.7 Å². The van der Waals surface area contributed by atoms with Crippen molar-refractivity contribution in [2.45, 2.75) is 37.8 Å². The summed E-state index contributed by atoms with van der Waals surface area (Å²) in [4.78, 5) is 28.5. The largest absolute Gasteiger partial charge is 0.456 e. The van der Waals surface area contributed by atoms with Gasteiger partial charge < -0.3 is 14.6 Å². The minimum atomic E-state index is -3.85. The molecule has 0 unspecified atom stereocenters. The Morgan fingerprint density at radius 2 is 1.90 bits per heavy atom. The summed E-state index contributed by atoms with van der Waals surface area (Å²) >= 11 is 0. The first-order valence-corrected chi connectivity index (χ1v) is 11.3. The summed E-state index contributed by atoms with van der Waals surface area (Å²) in [6.45, 7) is 2.30. The molecule has 0 aliphatic carbocycles. The van der Waals surface area contributed by atoms with Gasteiger partial charge in [0.1, 0.15) is 19.0 Å². The van der Waals surface area contributed by atoms with Crippen molar-refractivity contribution < 1.29 is 22.7 Å². The molecular weight excluding hydrogens is 420 g/mol. The maximum absolute atomic E-state index is 12.1. The Labute approximate surface area is 180 Å². The Morgan fingerprint density at radius 1 is 1.16 bits per heavy atom. The smallest absolute Gasteiger partial charge is 0.325 e. The van der Waals surface area contributed by atoms with Crippen molar-refractivity contribution in [1.82, 2.24) is 14.9 Å². The summed E-state index contributed by atoms with van der Waals surface area (Å²) in [7, 11) is -3.85. The summed E-state index contributed by atoms with van der Waals surface area (Å²) in [5.41, 5.74) is 1.62. The van der Waals surface area contributed by atoms with Gasteiger partial charge in [0, 0.05) is 12.1 Å². The van der Waals surface area contributed by atoms with Crippen molar-refractivity contribution in [2.75, 3.05) is 6.54 Å². The quantitative estimate of drug-likeness (QED) is 0.485. The van der Waals surface area contributed by atoms with E-state index in [0.29, 0.717) is 23.4 Å². The van der Waals surface area contributed by atoms with Gasteiger partial charge in [-0.15, -0.1) is 0 Å². The van der Waals surface area contributed by atoms with Gasteiger partial charge in [-0.2, -0.15) is 0 Å². The second-order valence-electron chi connectivity index (χ2n) is 6.94. The van der Waals surface area contributed by atoms with Crippen molar-refractivity contribution >= 4 is 32.9 Å². The second-order valence-corrected chi connectivity index (χ2v) is 8.50. The lowest BCUT2D eigenvalue weighted by Crippen LogP contribution is -2.30. The number of esters is 1. The number of nitrogens with one attached hydrogen (secondary N) is 1. The third-order valence-corrected chi connectivity index (χ3v) is 5.57. The van der Waals surface area contributed by atoms with Gasteiger partial charge in [0.15, 0.2) is 0 Å². The van der Waals surface area contributed by atoms with E-state index in [1.54, 1.807) is 36.4 Å². The number of imidazole rings is 1. The molecule has 1 amide bonds. The molecule has 164 valence electrons. The van der Waals surface area contributed by atoms with Crippen molar-refractivity contribution in [1.29, 1.82) is 0 Å². The zero-order valence-corrected chi connectivity index (χ0v) is 17.9. The van der Waals surface area contributed by atoms with E-state index in [1.165, 1.54) is 12.1 Å². The monoisotopic (exact) mass is 444 g/mol. The van der Waals surface area contributed by atoms with Gasteiger partial charge in [-0.25, -0.2) is 18.5 Å². The number of sulfonamides is 1. The number of nitrogens with zero attached hydrogens (tertiary/aromatic N) is 2. The normalized spacial score (nSPS) is 11.4. The molecule has 0 bridgehead atoms. The van der Waals surface area contributed by atoms with Crippen LogP contribution in [-0.4, -0.2) is 36.4 Å².